The number of hydrogen-bond donors (Lipinski definition) is 1. The van der Waals surface area contributed by atoms with Gasteiger partial charge in [-0.3, -0.25) is 9.59 Å². The number of nitrogen functional groups attached to an aromatic ring is 1. The van der Waals surface area contributed by atoms with Gasteiger partial charge in [-0.1, -0.05) is 0 Å². The maximum Gasteiger partial charge on any atom is 0.305 e. The van der Waals surface area contributed by atoms with Crippen LogP contribution in [0.15, 0.2) is 18.2 Å². The van der Waals surface area contributed by atoms with Gasteiger partial charge in [0.2, 0.25) is 5.91 Å². The van der Waals surface area contributed by atoms with E-state index in [0.29, 0.717) is 31.5 Å². The second-order valence-corrected chi connectivity index (χ2v) is 4.97. The van der Waals surface area contributed by atoms with Crippen LogP contribution < -0.4 is 10.6 Å². The quantitative estimate of drug-likeness (QED) is 0.673. The van der Waals surface area contributed by atoms with Crippen molar-refractivity contribution in [3.05, 3.63) is 23.8 Å². The smallest absolute Gasteiger partial charge is 0.305 e. The molecule has 5 nitrogen and oxygen atoms in total. The Morgan fingerprint density at radius 1 is 1.40 bits per heavy atom. The molecule has 0 aromatic heterocycles. The van der Waals surface area contributed by atoms with Crippen LogP contribution in [0.3, 0.4) is 0 Å². The molecule has 1 aliphatic rings. The number of benzene rings is 1. The Bertz CT molecular complexity index is 514. The highest BCUT2D eigenvalue weighted by atomic mass is 16.5. The lowest BCUT2D eigenvalue weighted by atomic mass is 10.1. The van der Waals surface area contributed by atoms with Crippen molar-refractivity contribution in [2.75, 3.05) is 24.3 Å². The summed E-state index contributed by atoms with van der Waals surface area (Å²) in [6.45, 7) is 0.533. The van der Waals surface area contributed by atoms with Crippen LogP contribution in [-0.4, -0.2) is 25.5 Å². The van der Waals surface area contributed by atoms with Crippen LogP contribution in [0.4, 0.5) is 11.4 Å². The molecule has 1 aromatic rings. The van der Waals surface area contributed by atoms with E-state index in [9.17, 15) is 9.59 Å². The summed E-state index contributed by atoms with van der Waals surface area (Å²) in [5, 5.41) is 0. The molecule has 0 atom stereocenters. The molecular formula is C15H20N2O3. The van der Waals surface area contributed by atoms with E-state index in [1.807, 2.05) is 18.2 Å². The van der Waals surface area contributed by atoms with Crippen LogP contribution >= 0.6 is 0 Å². The standard InChI is InChI=1S/C15H20N2O3/c1-20-15(19)6-3-9-17-13-8-7-12(16)10-11(13)4-2-5-14(17)18/h7-8,10H,2-6,9,16H2,1H3. The average molecular weight is 276 g/mol. The summed E-state index contributed by atoms with van der Waals surface area (Å²) in [7, 11) is 1.37. The van der Waals surface area contributed by atoms with Gasteiger partial charge in [0, 0.05) is 30.8 Å². The molecule has 1 heterocycles. The monoisotopic (exact) mass is 276 g/mol. The number of carbonyl (C=O) groups excluding carboxylic acids is 2. The Morgan fingerprint density at radius 3 is 2.95 bits per heavy atom. The summed E-state index contributed by atoms with van der Waals surface area (Å²) < 4.78 is 4.62. The molecule has 0 saturated heterocycles. The van der Waals surface area contributed by atoms with Crippen molar-refractivity contribution in [2.24, 2.45) is 0 Å². The third-order valence-corrected chi connectivity index (χ3v) is 3.52. The first-order valence-electron chi connectivity index (χ1n) is 6.87. The molecular weight excluding hydrogens is 256 g/mol. The van der Waals surface area contributed by atoms with Crippen molar-refractivity contribution < 1.29 is 14.3 Å². The maximum absolute atomic E-state index is 12.2. The molecule has 0 radical (unpaired) electrons. The number of fused-ring (bicyclic) bond motifs is 1. The molecule has 2 rings (SSSR count). The second kappa shape index (κ2) is 6.41. The predicted molar refractivity (Wildman–Crippen MR) is 77.4 cm³/mol. The third-order valence-electron chi connectivity index (χ3n) is 3.52. The average Bonchev–Trinajstić information content (AvgIpc) is 2.58. The van der Waals surface area contributed by atoms with Gasteiger partial charge in [-0.2, -0.15) is 0 Å². The van der Waals surface area contributed by atoms with Gasteiger partial charge in [0.1, 0.15) is 0 Å². The number of hydrogen-bond acceptors (Lipinski definition) is 4. The molecule has 108 valence electrons. The molecule has 0 saturated carbocycles. The number of esters is 1. The number of amides is 1. The highest BCUT2D eigenvalue weighted by Crippen LogP contribution is 2.29. The first-order valence-corrected chi connectivity index (χ1v) is 6.87. The third kappa shape index (κ3) is 3.29. The number of rotatable bonds is 4. The van der Waals surface area contributed by atoms with E-state index >= 15 is 0 Å². The fraction of sp³-hybridized carbons (Fsp3) is 0.467. The topological polar surface area (TPSA) is 72.6 Å². The van der Waals surface area contributed by atoms with E-state index in [2.05, 4.69) is 4.74 Å². The summed E-state index contributed by atoms with van der Waals surface area (Å²) >= 11 is 0. The van der Waals surface area contributed by atoms with Gasteiger partial charge in [0.05, 0.1) is 7.11 Å². The van der Waals surface area contributed by atoms with Crippen LogP contribution in [0.1, 0.15) is 31.2 Å². The minimum Gasteiger partial charge on any atom is -0.469 e. The van der Waals surface area contributed by atoms with Crippen molar-refractivity contribution in [3.8, 4) is 0 Å². The van der Waals surface area contributed by atoms with Crippen LogP contribution in [-0.2, 0) is 20.7 Å². The van der Waals surface area contributed by atoms with Gasteiger partial charge in [-0.05, 0) is 43.0 Å². The number of nitrogens with zero attached hydrogens (tertiary/aromatic N) is 1. The minimum atomic E-state index is -0.246. The maximum atomic E-state index is 12.2. The zero-order chi connectivity index (χ0) is 14.5. The number of aryl methyl sites for hydroxylation is 1. The molecule has 1 amide bonds. The summed E-state index contributed by atoms with van der Waals surface area (Å²) in [6.07, 6.45) is 3.15. The zero-order valence-corrected chi connectivity index (χ0v) is 11.7. The summed E-state index contributed by atoms with van der Waals surface area (Å²) in [4.78, 5) is 25.1. The first kappa shape index (κ1) is 14.4. The van der Waals surface area contributed by atoms with Crippen LogP contribution in [0.25, 0.3) is 0 Å². The van der Waals surface area contributed by atoms with Crippen LogP contribution in [0.5, 0.6) is 0 Å². The second-order valence-electron chi connectivity index (χ2n) is 4.97. The number of anilines is 2. The Balaban J connectivity index is 2.13. The van der Waals surface area contributed by atoms with Gasteiger partial charge < -0.3 is 15.4 Å². The fourth-order valence-corrected chi connectivity index (χ4v) is 2.50. The van der Waals surface area contributed by atoms with Crippen molar-refractivity contribution in [1.82, 2.24) is 0 Å². The van der Waals surface area contributed by atoms with E-state index < -0.39 is 0 Å². The van der Waals surface area contributed by atoms with Gasteiger partial charge in [-0.25, -0.2) is 0 Å². The van der Waals surface area contributed by atoms with E-state index in [1.165, 1.54) is 7.11 Å². The summed E-state index contributed by atoms with van der Waals surface area (Å²) in [5.41, 5.74) is 8.55. The molecule has 0 aliphatic carbocycles. The summed E-state index contributed by atoms with van der Waals surface area (Å²) in [6, 6.07) is 5.64. The predicted octanol–water partition coefficient (Wildman–Crippen LogP) is 1.89. The molecule has 0 spiro atoms. The lowest BCUT2D eigenvalue weighted by Crippen LogP contribution is -2.31. The van der Waals surface area contributed by atoms with Crippen LogP contribution in [0, 0.1) is 0 Å². The zero-order valence-electron chi connectivity index (χ0n) is 11.7. The highest BCUT2D eigenvalue weighted by Gasteiger charge is 2.22. The Labute approximate surface area is 118 Å². The lowest BCUT2D eigenvalue weighted by Gasteiger charge is -2.23. The molecule has 0 bridgehead atoms. The van der Waals surface area contributed by atoms with Gasteiger partial charge in [-0.15, -0.1) is 0 Å². The van der Waals surface area contributed by atoms with E-state index in [4.69, 9.17) is 5.73 Å². The SMILES string of the molecule is COC(=O)CCCN1C(=O)CCCc2cc(N)ccc21. The lowest BCUT2D eigenvalue weighted by molar-refractivity contribution is -0.140. The van der Waals surface area contributed by atoms with Crippen LogP contribution in [0.2, 0.25) is 0 Å². The van der Waals surface area contributed by atoms with Crippen molar-refractivity contribution in [1.29, 1.82) is 0 Å². The molecule has 2 N–H and O–H groups in total. The molecule has 1 aliphatic heterocycles. The fourth-order valence-electron chi connectivity index (χ4n) is 2.50. The Morgan fingerprint density at radius 2 is 2.20 bits per heavy atom. The Kier molecular flexibility index (Phi) is 4.61. The van der Waals surface area contributed by atoms with Crippen molar-refractivity contribution in [3.63, 3.8) is 0 Å². The number of ether oxygens (including phenoxy) is 1. The highest BCUT2D eigenvalue weighted by molar-refractivity contribution is 5.95. The van der Waals surface area contributed by atoms with Gasteiger partial charge >= 0.3 is 5.97 Å². The molecule has 0 fully saturated rings. The number of methoxy groups -OCH3 is 1. The first-order chi connectivity index (χ1) is 9.61. The van der Waals surface area contributed by atoms with Crippen molar-refractivity contribution in [2.45, 2.75) is 32.1 Å². The Hall–Kier alpha value is -2.04. The molecule has 20 heavy (non-hydrogen) atoms. The largest absolute Gasteiger partial charge is 0.469 e. The van der Waals surface area contributed by atoms with E-state index in [0.717, 1.165) is 24.1 Å². The van der Waals surface area contributed by atoms with Gasteiger partial charge in [0.25, 0.3) is 0 Å². The van der Waals surface area contributed by atoms with E-state index in [1.54, 1.807) is 4.90 Å². The summed E-state index contributed by atoms with van der Waals surface area (Å²) in [5.74, 6) is -0.136. The number of nitrogens with two attached hydrogens (primary N) is 1. The molecule has 0 unspecified atom stereocenters. The minimum absolute atomic E-state index is 0.110. The van der Waals surface area contributed by atoms with Crippen molar-refractivity contribution >= 4 is 23.3 Å². The van der Waals surface area contributed by atoms with E-state index in [-0.39, 0.29) is 11.9 Å². The molecule has 1 aromatic carbocycles. The number of carbonyl (C=O) groups is 2. The molecule has 5 heteroatoms. The van der Waals surface area contributed by atoms with Gasteiger partial charge in [0.15, 0.2) is 0 Å². The normalized spacial score (nSPS) is 14.7.